The number of rotatable bonds is 13. The minimum absolute atomic E-state index is 0.0574. The van der Waals surface area contributed by atoms with Crippen molar-refractivity contribution in [1.82, 2.24) is 0 Å². The lowest BCUT2D eigenvalue weighted by molar-refractivity contribution is -0.192. The quantitative estimate of drug-likeness (QED) is 0.0784. The first-order valence-corrected chi connectivity index (χ1v) is 15.3. The van der Waals surface area contributed by atoms with Crippen LogP contribution in [0.4, 0.5) is 0 Å². The molecule has 2 aliphatic heterocycles. The Kier molecular flexibility index (Phi) is 15.0. The van der Waals surface area contributed by atoms with Crippen LogP contribution in [0.1, 0.15) is 93.9 Å². The third kappa shape index (κ3) is 11.5. The molecular formula is C33H56O6. The fourth-order valence-corrected chi connectivity index (χ4v) is 5.67. The molecule has 39 heavy (non-hydrogen) atoms. The van der Waals surface area contributed by atoms with E-state index in [1.54, 1.807) is 7.11 Å². The lowest BCUT2D eigenvalue weighted by Gasteiger charge is -2.28. The highest BCUT2D eigenvalue weighted by Crippen LogP contribution is 2.37. The third-order valence-electron chi connectivity index (χ3n) is 8.17. The van der Waals surface area contributed by atoms with Crippen LogP contribution in [0.5, 0.6) is 0 Å². The standard InChI is InChI=1S/C33H56O6/c1-10-28(35-9)26(7)32-30(38-32)21-23(4)17-13-19-25(6)31-24(5)18-12-15-22(3)16-14-20-29(33(34)39-31)37-27(8)36-11-2/h12-13,17-19,22-24,26-32H,10-11,14-16,20-21H2,1-9H3. The predicted octanol–water partition coefficient (Wildman–Crippen LogP) is 7.43. The Morgan fingerprint density at radius 3 is 2.59 bits per heavy atom. The van der Waals surface area contributed by atoms with Gasteiger partial charge in [-0.2, -0.15) is 0 Å². The van der Waals surface area contributed by atoms with Crippen molar-refractivity contribution in [1.29, 1.82) is 0 Å². The molecule has 0 saturated carbocycles. The molecule has 0 aromatic carbocycles. The van der Waals surface area contributed by atoms with Crippen LogP contribution in [-0.2, 0) is 28.5 Å². The molecule has 0 spiro atoms. The van der Waals surface area contributed by atoms with Crippen molar-refractivity contribution in [3.63, 3.8) is 0 Å². The van der Waals surface area contributed by atoms with E-state index in [4.69, 9.17) is 23.7 Å². The fraction of sp³-hybridized carbons (Fsp3) is 0.788. The van der Waals surface area contributed by atoms with Gasteiger partial charge in [-0.3, -0.25) is 0 Å². The normalized spacial score (nSPS) is 32.1. The third-order valence-corrected chi connectivity index (χ3v) is 8.17. The number of epoxide rings is 1. The summed E-state index contributed by atoms with van der Waals surface area (Å²) in [5.74, 6) is 1.10. The van der Waals surface area contributed by atoms with Crippen LogP contribution in [0.15, 0.2) is 36.0 Å². The summed E-state index contributed by atoms with van der Waals surface area (Å²) >= 11 is 0. The minimum Gasteiger partial charge on any atom is -0.455 e. The van der Waals surface area contributed by atoms with E-state index in [1.165, 1.54) is 0 Å². The summed E-state index contributed by atoms with van der Waals surface area (Å²) in [7, 11) is 1.79. The summed E-state index contributed by atoms with van der Waals surface area (Å²) in [6.07, 6.45) is 15.9. The molecule has 0 N–H and O–H groups in total. The van der Waals surface area contributed by atoms with Crippen molar-refractivity contribution in [2.75, 3.05) is 13.7 Å². The van der Waals surface area contributed by atoms with Crippen molar-refractivity contribution >= 4 is 5.97 Å². The Morgan fingerprint density at radius 2 is 1.92 bits per heavy atom. The number of hydrogen-bond donors (Lipinski definition) is 0. The topological polar surface area (TPSA) is 66.5 Å². The Hall–Kier alpha value is -1.47. The molecule has 0 bridgehead atoms. The molecule has 6 nitrogen and oxygen atoms in total. The zero-order valence-corrected chi connectivity index (χ0v) is 26.1. The minimum atomic E-state index is -0.625. The number of cyclic esters (lactones) is 1. The van der Waals surface area contributed by atoms with Crippen LogP contribution in [0.25, 0.3) is 0 Å². The van der Waals surface area contributed by atoms with Crippen molar-refractivity contribution in [3.05, 3.63) is 36.0 Å². The van der Waals surface area contributed by atoms with Gasteiger partial charge in [0.2, 0.25) is 0 Å². The van der Waals surface area contributed by atoms with E-state index in [0.29, 0.717) is 36.9 Å². The molecule has 2 heterocycles. The van der Waals surface area contributed by atoms with Crippen LogP contribution in [0.2, 0.25) is 0 Å². The van der Waals surface area contributed by atoms with Gasteiger partial charge in [-0.15, -0.1) is 0 Å². The maximum atomic E-state index is 13.3. The second-order valence-corrected chi connectivity index (χ2v) is 11.8. The van der Waals surface area contributed by atoms with Gasteiger partial charge in [0.15, 0.2) is 12.4 Å². The maximum absolute atomic E-state index is 13.3. The average Bonchev–Trinajstić information content (AvgIpc) is 3.65. The second-order valence-electron chi connectivity index (χ2n) is 11.8. The number of ether oxygens (including phenoxy) is 5. The molecule has 2 rings (SSSR count). The molecule has 224 valence electrons. The van der Waals surface area contributed by atoms with Crippen LogP contribution >= 0.6 is 0 Å². The van der Waals surface area contributed by atoms with Gasteiger partial charge in [-0.1, -0.05) is 71.4 Å². The molecule has 10 unspecified atom stereocenters. The summed E-state index contributed by atoms with van der Waals surface area (Å²) in [6, 6.07) is 0. The molecule has 1 fully saturated rings. The fourth-order valence-electron chi connectivity index (χ4n) is 5.67. The molecule has 0 aromatic rings. The van der Waals surface area contributed by atoms with Gasteiger partial charge >= 0.3 is 5.97 Å². The Labute approximate surface area is 238 Å². The second kappa shape index (κ2) is 17.4. The molecule has 1 saturated heterocycles. The van der Waals surface area contributed by atoms with E-state index in [2.05, 4.69) is 65.0 Å². The molecule has 0 radical (unpaired) electrons. The summed E-state index contributed by atoms with van der Waals surface area (Å²) in [5, 5.41) is 0. The van der Waals surface area contributed by atoms with Gasteiger partial charge in [0, 0.05) is 25.6 Å². The van der Waals surface area contributed by atoms with Crippen LogP contribution in [0, 0.1) is 23.7 Å². The Balaban J connectivity index is 2.06. The van der Waals surface area contributed by atoms with E-state index in [1.807, 2.05) is 20.8 Å². The average molecular weight is 549 g/mol. The number of allylic oxidation sites excluding steroid dienone is 4. The van der Waals surface area contributed by atoms with E-state index in [-0.39, 0.29) is 30.2 Å². The Morgan fingerprint density at radius 1 is 1.18 bits per heavy atom. The molecule has 10 atom stereocenters. The zero-order chi connectivity index (χ0) is 28.9. The van der Waals surface area contributed by atoms with Crippen molar-refractivity contribution in [2.45, 2.75) is 131 Å². The summed E-state index contributed by atoms with van der Waals surface area (Å²) in [4.78, 5) is 13.3. The van der Waals surface area contributed by atoms with E-state index in [9.17, 15) is 4.79 Å². The van der Waals surface area contributed by atoms with Crippen LogP contribution in [-0.4, -0.2) is 56.5 Å². The van der Waals surface area contributed by atoms with Crippen molar-refractivity contribution < 1.29 is 28.5 Å². The number of methoxy groups -OCH3 is 1. The summed E-state index contributed by atoms with van der Waals surface area (Å²) < 4.78 is 29.3. The smallest absolute Gasteiger partial charge is 0.335 e. The monoisotopic (exact) mass is 548 g/mol. The van der Waals surface area contributed by atoms with E-state index in [0.717, 1.165) is 37.7 Å². The number of carbonyl (C=O) groups is 1. The molecular weight excluding hydrogens is 492 g/mol. The molecule has 0 aromatic heterocycles. The van der Waals surface area contributed by atoms with E-state index >= 15 is 0 Å². The number of esters is 1. The molecule has 6 heteroatoms. The summed E-state index contributed by atoms with van der Waals surface area (Å²) in [6.45, 7) is 17.3. The SMILES string of the molecule is CCOC(C)OC1CCCC(C)CC=CC(C)C(C(C)=CC=CC(C)CC2OC2C(C)C(CC)OC)OC1=O. The lowest BCUT2D eigenvalue weighted by Crippen LogP contribution is -2.36. The van der Waals surface area contributed by atoms with Gasteiger partial charge in [0.1, 0.15) is 6.10 Å². The highest BCUT2D eigenvalue weighted by atomic mass is 16.7. The van der Waals surface area contributed by atoms with Crippen molar-refractivity contribution in [3.8, 4) is 0 Å². The van der Waals surface area contributed by atoms with Crippen LogP contribution in [0.3, 0.4) is 0 Å². The number of hydrogen-bond acceptors (Lipinski definition) is 6. The van der Waals surface area contributed by atoms with Gasteiger partial charge in [0.25, 0.3) is 0 Å². The highest BCUT2D eigenvalue weighted by molar-refractivity contribution is 5.75. The summed E-state index contributed by atoms with van der Waals surface area (Å²) in [5.41, 5.74) is 1.02. The lowest BCUT2D eigenvalue weighted by atomic mass is 9.93. The molecule has 0 aliphatic carbocycles. The maximum Gasteiger partial charge on any atom is 0.335 e. The first-order chi connectivity index (χ1) is 18.6. The van der Waals surface area contributed by atoms with Gasteiger partial charge in [0.05, 0.1) is 18.3 Å². The zero-order valence-electron chi connectivity index (χ0n) is 26.1. The molecule has 2 aliphatic rings. The Bertz CT molecular complexity index is 800. The number of carbonyl (C=O) groups excluding carboxylic acids is 1. The van der Waals surface area contributed by atoms with Gasteiger partial charge in [-0.05, 0) is 70.3 Å². The largest absolute Gasteiger partial charge is 0.455 e. The van der Waals surface area contributed by atoms with Crippen LogP contribution < -0.4 is 0 Å². The first-order valence-electron chi connectivity index (χ1n) is 15.3. The van der Waals surface area contributed by atoms with Gasteiger partial charge < -0.3 is 23.7 Å². The predicted molar refractivity (Wildman–Crippen MR) is 157 cm³/mol. The first kappa shape index (κ1) is 33.7. The highest BCUT2D eigenvalue weighted by Gasteiger charge is 2.45. The van der Waals surface area contributed by atoms with Crippen molar-refractivity contribution in [2.24, 2.45) is 23.7 Å². The van der Waals surface area contributed by atoms with E-state index < -0.39 is 12.4 Å². The molecule has 0 amide bonds. The van der Waals surface area contributed by atoms with Gasteiger partial charge in [-0.25, -0.2) is 4.79 Å².